The summed E-state index contributed by atoms with van der Waals surface area (Å²) in [5.74, 6) is 1.49. The molecule has 0 radical (unpaired) electrons. The summed E-state index contributed by atoms with van der Waals surface area (Å²) >= 11 is 0. The Morgan fingerprint density at radius 2 is 0.976 bits per heavy atom. The van der Waals surface area contributed by atoms with Gasteiger partial charge in [-0.15, -0.1) is 5.19 Å². The van der Waals surface area contributed by atoms with Gasteiger partial charge in [0.15, 0.2) is 0 Å². The van der Waals surface area contributed by atoms with E-state index < -0.39 is 8.07 Å². The molecule has 0 unspecified atom stereocenters. The van der Waals surface area contributed by atoms with Crippen LogP contribution in [-0.4, -0.2) is 8.07 Å². The first-order valence-electron chi connectivity index (χ1n) is 14.3. The van der Waals surface area contributed by atoms with Crippen LogP contribution in [0.4, 0.5) is 0 Å². The average Bonchev–Trinajstić information content (AvgIpc) is 3.37. The van der Waals surface area contributed by atoms with Gasteiger partial charge in [-0.3, -0.25) is 0 Å². The molecule has 0 spiro atoms. The van der Waals surface area contributed by atoms with Crippen molar-refractivity contribution in [2.45, 2.75) is 85.5 Å². The fraction of sp³-hybridized carbons (Fsp3) is 0.361. The van der Waals surface area contributed by atoms with Crippen molar-refractivity contribution in [3.63, 3.8) is 0 Å². The zero-order chi connectivity index (χ0) is 26.6. The molecule has 0 amide bonds. The number of hydrogen-bond acceptors (Lipinski definition) is 0. The van der Waals surface area contributed by atoms with Crippen molar-refractivity contribution in [1.29, 1.82) is 0 Å². The third-order valence-electron chi connectivity index (χ3n) is 8.07. The van der Waals surface area contributed by atoms with Crippen LogP contribution in [0.2, 0.25) is 0 Å². The zero-order valence-corrected chi connectivity index (χ0v) is 30.5. The molecule has 0 atom stereocenters. The summed E-state index contributed by atoms with van der Waals surface area (Å²) in [5.41, 5.74) is 5.82. The monoisotopic (exact) mass is 658 g/mol. The van der Waals surface area contributed by atoms with Crippen molar-refractivity contribution in [1.82, 2.24) is 0 Å². The van der Waals surface area contributed by atoms with Gasteiger partial charge in [-0.2, -0.15) is 11.6 Å². The number of unbranched alkanes of at least 4 members (excludes halogenated alkanes) is 1. The Hall–Kier alpha value is -1.19. The van der Waals surface area contributed by atoms with Crippen LogP contribution in [0.5, 0.6) is 0 Å². The Labute approximate surface area is 284 Å². The Bertz CT molecular complexity index is 1200. The predicted molar refractivity (Wildman–Crippen MR) is 167 cm³/mol. The minimum absolute atomic E-state index is 0. The van der Waals surface area contributed by atoms with Crippen LogP contribution >= 0.6 is 0 Å². The summed E-state index contributed by atoms with van der Waals surface area (Å²) in [7, 11) is -2.57. The van der Waals surface area contributed by atoms with Crippen LogP contribution in [0.3, 0.4) is 0 Å². The molecule has 0 saturated carbocycles. The van der Waals surface area contributed by atoms with Gasteiger partial charge in [0.05, 0.1) is 0 Å². The second kappa shape index (κ2) is 17.8. The maximum Gasteiger partial charge on any atom is 4.00 e. The smallest absolute Gasteiger partial charge is 1.00 e. The molecule has 0 heterocycles. The first kappa shape index (κ1) is 39.8. The van der Waals surface area contributed by atoms with Gasteiger partial charge in [0.1, 0.15) is 8.07 Å². The Morgan fingerprint density at radius 3 is 1.32 bits per heavy atom. The summed E-state index contributed by atoms with van der Waals surface area (Å²) in [6.07, 6.45) is 3.59. The first-order chi connectivity index (χ1) is 17.8. The van der Waals surface area contributed by atoms with E-state index in [1.54, 1.807) is 5.19 Å². The third kappa shape index (κ3) is 8.47. The van der Waals surface area contributed by atoms with Gasteiger partial charge in [0, 0.05) is 0 Å². The molecule has 4 rings (SSSR count). The van der Waals surface area contributed by atoms with Gasteiger partial charge >= 0.3 is 21.7 Å². The molecule has 0 aromatic heterocycles. The standard InChI is InChI=1S/C36H45Si.3ClH.Ti/c1-8-9-14-29-15-13-22-36(29)37(33-19-10-16-30(23-33)26(2)3,34-20-11-17-31(24-34)27(4)5)35-21-12-18-32(25-35)28(6)7;;;;/h10-13,15-28H,8-9,14H2,1-7H3;3*1H;/q-1;;;;+4/p-3. The van der Waals surface area contributed by atoms with Crippen LogP contribution in [0, 0.1) is 0 Å². The summed E-state index contributed by atoms with van der Waals surface area (Å²) in [6.45, 7) is 16.2. The average molecular weight is 660 g/mol. The molecule has 4 aromatic rings. The van der Waals surface area contributed by atoms with Crippen molar-refractivity contribution >= 4 is 28.8 Å². The second-order valence-electron chi connectivity index (χ2n) is 11.7. The molecular formula is C36H45Cl3SiTi. The second-order valence-corrected chi connectivity index (χ2v) is 15.4. The molecule has 0 nitrogen and oxygen atoms in total. The van der Waals surface area contributed by atoms with Crippen molar-refractivity contribution in [2.75, 3.05) is 0 Å². The summed E-state index contributed by atoms with van der Waals surface area (Å²) < 4.78 is 0. The fourth-order valence-corrected chi connectivity index (χ4v) is 10.9. The Kier molecular flexibility index (Phi) is 17.3. The quantitative estimate of drug-likeness (QED) is 0.111. The molecule has 41 heavy (non-hydrogen) atoms. The normalized spacial score (nSPS) is 11.0. The number of rotatable bonds is 10. The van der Waals surface area contributed by atoms with Gasteiger partial charge in [-0.1, -0.05) is 156 Å². The van der Waals surface area contributed by atoms with Gasteiger partial charge in [0.2, 0.25) is 0 Å². The molecule has 0 aliphatic heterocycles. The van der Waals surface area contributed by atoms with E-state index in [1.165, 1.54) is 50.7 Å². The number of benzene rings is 3. The topological polar surface area (TPSA) is 0 Å². The molecule has 5 heteroatoms. The van der Waals surface area contributed by atoms with Crippen LogP contribution < -0.4 is 58.0 Å². The molecule has 0 bridgehead atoms. The largest absolute Gasteiger partial charge is 4.00 e. The summed E-state index contributed by atoms with van der Waals surface area (Å²) in [6, 6.07) is 35.9. The van der Waals surface area contributed by atoms with Gasteiger partial charge < -0.3 is 37.2 Å². The molecule has 218 valence electrons. The Morgan fingerprint density at radius 1 is 0.585 bits per heavy atom. The van der Waals surface area contributed by atoms with Gasteiger partial charge in [-0.25, -0.2) is 12.1 Å². The van der Waals surface area contributed by atoms with E-state index in [2.05, 4.69) is 139 Å². The van der Waals surface area contributed by atoms with E-state index in [0.717, 1.165) is 6.42 Å². The van der Waals surface area contributed by atoms with Gasteiger partial charge in [0.25, 0.3) is 0 Å². The fourth-order valence-electron chi connectivity index (χ4n) is 5.77. The molecule has 0 saturated heterocycles. The SMILES string of the molecule is CCCCc1ccc[c-]1[Si](c1cccc(C(C)C)c1)(c1cccc(C(C)C)c1)c1cccc(C(C)C)c1.[Cl-].[Cl-].[Cl-].[Ti+4]. The van der Waals surface area contributed by atoms with E-state index in [4.69, 9.17) is 0 Å². The molecule has 0 fully saturated rings. The van der Waals surface area contributed by atoms with Crippen LogP contribution in [0.1, 0.15) is 101 Å². The first-order valence-corrected chi connectivity index (χ1v) is 16.3. The summed E-state index contributed by atoms with van der Waals surface area (Å²) in [5, 5.41) is 6.09. The maximum atomic E-state index is 2.54. The minimum atomic E-state index is -2.57. The number of hydrogen-bond donors (Lipinski definition) is 0. The van der Waals surface area contributed by atoms with Crippen molar-refractivity contribution in [3.05, 3.63) is 113 Å². The molecule has 0 aliphatic carbocycles. The van der Waals surface area contributed by atoms with Gasteiger partial charge in [-0.05, 0) is 34.4 Å². The third-order valence-corrected chi connectivity index (χ3v) is 12.9. The van der Waals surface area contributed by atoms with Crippen LogP contribution in [0.15, 0.2) is 91.0 Å². The van der Waals surface area contributed by atoms with E-state index >= 15 is 0 Å². The van der Waals surface area contributed by atoms with E-state index in [-0.39, 0.29) is 58.9 Å². The van der Waals surface area contributed by atoms with Crippen LogP contribution in [0.25, 0.3) is 0 Å². The zero-order valence-electron chi connectivity index (χ0n) is 25.6. The predicted octanol–water partition coefficient (Wildman–Crippen LogP) is -1.49. The molecule has 0 N–H and O–H groups in total. The van der Waals surface area contributed by atoms with Crippen LogP contribution in [-0.2, 0) is 28.1 Å². The molecular weight excluding hydrogens is 615 g/mol. The van der Waals surface area contributed by atoms with Crippen molar-refractivity contribution < 1.29 is 58.9 Å². The minimum Gasteiger partial charge on any atom is -1.00 e. The van der Waals surface area contributed by atoms with Crippen molar-refractivity contribution in [3.8, 4) is 0 Å². The summed E-state index contributed by atoms with van der Waals surface area (Å²) in [4.78, 5) is 0. The number of halogens is 3. The molecule has 4 aromatic carbocycles. The van der Waals surface area contributed by atoms with E-state index in [0.29, 0.717) is 17.8 Å². The van der Waals surface area contributed by atoms with E-state index in [9.17, 15) is 0 Å². The Balaban J connectivity index is 0.00000400. The molecule has 0 aliphatic rings. The number of aryl methyl sites for hydroxylation is 1. The maximum absolute atomic E-state index is 2.57. The van der Waals surface area contributed by atoms with E-state index in [1.807, 2.05) is 0 Å². The van der Waals surface area contributed by atoms with Crippen molar-refractivity contribution in [2.24, 2.45) is 0 Å².